The Kier molecular flexibility index (Phi) is 3.85. The molecule has 1 aliphatic rings. The summed E-state index contributed by atoms with van der Waals surface area (Å²) in [6.07, 6.45) is 0.648. The third-order valence-electron chi connectivity index (χ3n) is 3.93. The molecule has 20 heavy (non-hydrogen) atoms. The van der Waals surface area contributed by atoms with Gasteiger partial charge in [0.05, 0.1) is 5.02 Å². The molecule has 2 aromatic rings. The summed E-state index contributed by atoms with van der Waals surface area (Å²) >= 11 is 9.49. The zero-order chi connectivity index (χ0) is 14.2. The molecule has 104 valence electrons. The van der Waals surface area contributed by atoms with Gasteiger partial charge in [-0.2, -0.15) is 0 Å². The van der Waals surface area contributed by atoms with Crippen LogP contribution in [0.1, 0.15) is 11.1 Å². The highest BCUT2D eigenvalue weighted by Gasteiger charge is 2.40. The van der Waals surface area contributed by atoms with Crippen LogP contribution >= 0.6 is 27.5 Å². The number of rotatable bonds is 3. The maximum Gasteiger partial charge on any atom is 0.145 e. The molecule has 0 aliphatic carbocycles. The van der Waals surface area contributed by atoms with E-state index in [1.807, 2.05) is 24.3 Å². The first-order valence-corrected chi connectivity index (χ1v) is 7.68. The van der Waals surface area contributed by atoms with E-state index in [1.165, 1.54) is 5.56 Å². The minimum atomic E-state index is -0.299. The van der Waals surface area contributed by atoms with E-state index in [1.54, 1.807) is 12.1 Å². The van der Waals surface area contributed by atoms with Crippen molar-refractivity contribution in [1.29, 1.82) is 0 Å². The van der Waals surface area contributed by atoms with Gasteiger partial charge in [0, 0.05) is 23.0 Å². The molecule has 1 saturated heterocycles. The zero-order valence-electron chi connectivity index (χ0n) is 10.8. The highest BCUT2D eigenvalue weighted by molar-refractivity contribution is 9.10. The number of hydrogen-bond donors (Lipinski definition) is 1. The molecule has 0 amide bonds. The van der Waals surface area contributed by atoms with Crippen LogP contribution in [0.2, 0.25) is 5.02 Å². The van der Waals surface area contributed by atoms with Gasteiger partial charge in [-0.1, -0.05) is 57.9 Å². The molecule has 0 aromatic heterocycles. The van der Waals surface area contributed by atoms with Gasteiger partial charge < -0.3 is 5.32 Å². The van der Waals surface area contributed by atoms with Gasteiger partial charge in [-0.25, -0.2) is 4.39 Å². The lowest BCUT2D eigenvalue weighted by molar-refractivity contribution is 0.271. The summed E-state index contributed by atoms with van der Waals surface area (Å²) in [5, 5.41) is 3.50. The number of nitrogens with one attached hydrogen (secondary N) is 1. The number of hydrogen-bond acceptors (Lipinski definition) is 1. The van der Waals surface area contributed by atoms with Gasteiger partial charge in [-0.05, 0) is 29.7 Å². The molecule has 1 fully saturated rings. The Balaban J connectivity index is 1.99. The lowest BCUT2D eigenvalue weighted by Crippen LogP contribution is -2.58. The molecule has 0 radical (unpaired) electrons. The summed E-state index contributed by atoms with van der Waals surface area (Å²) in [4.78, 5) is 0. The lowest BCUT2D eigenvalue weighted by atomic mass is 9.71. The molecule has 0 unspecified atom stereocenters. The van der Waals surface area contributed by atoms with Crippen molar-refractivity contribution >= 4 is 27.5 Å². The van der Waals surface area contributed by atoms with Crippen molar-refractivity contribution in [1.82, 2.24) is 5.32 Å². The van der Waals surface area contributed by atoms with E-state index < -0.39 is 0 Å². The molecule has 0 saturated carbocycles. The first-order chi connectivity index (χ1) is 9.62. The van der Waals surface area contributed by atoms with Crippen LogP contribution in [0.15, 0.2) is 46.9 Å². The maximum atomic E-state index is 14.1. The summed E-state index contributed by atoms with van der Waals surface area (Å²) in [6.45, 7) is 1.70. The fourth-order valence-electron chi connectivity index (χ4n) is 2.78. The lowest BCUT2D eigenvalue weighted by Gasteiger charge is -2.44. The van der Waals surface area contributed by atoms with Crippen LogP contribution in [0.4, 0.5) is 4.39 Å². The van der Waals surface area contributed by atoms with Gasteiger partial charge in [-0.3, -0.25) is 0 Å². The molecule has 0 spiro atoms. The molecule has 0 atom stereocenters. The van der Waals surface area contributed by atoms with Crippen LogP contribution in [0.5, 0.6) is 0 Å². The molecular weight excluding hydrogens is 341 g/mol. The normalized spacial score (nSPS) is 16.8. The average Bonchev–Trinajstić information content (AvgIpc) is 2.40. The van der Waals surface area contributed by atoms with Crippen LogP contribution in [0.3, 0.4) is 0 Å². The molecular formula is C16H14BrClFN. The monoisotopic (exact) mass is 353 g/mol. The highest BCUT2D eigenvalue weighted by atomic mass is 79.9. The number of halogens is 3. The molecule has 2 aromatic carbocycles. The summed E-state index contributed by atoms with van der Waals surface area (Å²) < 4.78 is 15.2. The SMILES string of the molecule is Fc1c(Cl)cccc1CC1(c2ccccc2Br)CNC1. The summed E-state index contributed by atoms with van der Waals surface area (Å²) in [6, 6.07) is 13.4. The van der Waals surface area contributed by atoms with Crippen molar-refractivity contribution in [3.63, 3.8) is 0 Å². The van der Waals surface area contributed by atoms with E-state index in [-0.39, 0.29) is 16.3 Å². The zero-order valence-corrected chi connectivity index (χ0v) is 13.1. The second-order valence-electron chi connectivity index (χ2n) is 5.25. The van der Waals surface area contributed by atoms with E-state index in [4.69, 9.17) is 11.6 Å². The molecule has 4 heteroatoms. The molecule has 1 N–H and O–H groups in total. The van der Waals surface area contributed by atoms with Crippen LogP contribution < -0.4 is 5.32 Å². The summed E-state index contributed by atoms with van der Waals surface area (Å²) in [5.74, 6) is -0.299. The average molecular weight is 355 g/mol. The van der Waals surface area contributed by atoms with Gasteiger partial charge >= 0.3 is 0 Å². The standard InChI is InChI=1S/C16H14BrClFN/c17-13-6-2-1-5-12(13)16(9-20-10-16)8-11-4-3-7-14(18)15(11)19/h1-7,20H,8-10H2. The highest BCUT2D eigenvalue weighted by Crippen LogP contribution is 2.37. The fourth-order valence-corrected chi connectivity index (χ4v) is 3.68. The van der Waals surface area contributed by atoms with Crippen molar-refractivity contribution in [2.24, 2.45) is 0 Å². The van der Waals surface area contributed by atoms with Crippen molar-refractivity contribution < 1.29 is 4.39 Å². The van der Waals surface area contributed by atoms with Crippen LogP contribution in [0.25, 0.3) is 0 Å². The smallest absolute Gasteiger partial charge is 0.145 e. The molecule has 0 bridgehead atoms. The first kappa shape index (κ1) is 14.1. The van der Waals surface area contributed by atoms with Gasteiger partial charge in [-0.15, -0.1) is 0 Å². The van der Waals surface area contributed by atoms with Crippen molar-refractivity contribution in [2.45, 2.75) is 11.8 Å². The Morgan fingerprint density at radius 1 is 1.15 bits per heavy atom. The number of benzene rings is 2. The molecule has 3 rings (SSSR count). The molecule has 1 nitrogen and oxygen atoms in total. The summed E-state index contributed by atoms with van der Waals surface area (Å²) in [5.41, 5.74) is 1.83. The topological polar surface area (TPSA) is 12.0 Å². The Hall–Kier alpha value is -0.900. The summed E-state index contributed by atoms with van der Waals surface area (Å²) in [7, 11) is 0. The third-order valence-corrected chi connectivity index (χ3v) is 4.92. The second kappa shape index (κ2) is 5.47. The quantitative estimate of drug-likeness (QED) is 0.865. The van der Waals surface area contributed by atoms with Crippen molar-refractivity contribution in [3.8, 4) is 0 Å². The Bertz CT molecular complexity index is 640. The van der Waals surface area contributed by atoms with E-state index in [9.17, 15) is 4.39 Å². The largest absolute Gasteiger partial charge is 0.315 e. The van der Waals surface area contributed by atoms with E-state index >= 15 is 0 Å². The van der Waals surface area contributed by atoms with Crippen LogP contribution in [-0.2, 0) is 11.8 Å². The Labute approximate surface area is 131 Å². The van der Waals surface area contributed by atoms with Gasteiger partial charge in [0.15, 0.2) is 0 Å². The predicted octanol–water partition coefficient (Wildman–Crippen LogP) is 4.33. The maximum absolute atomic E-state index is 14.1. The van der Waals surface area contributed by atoms with Crippen LogP contribution in [0, 0.1) is 5.82 Å². The fraction of sp³-hybridized carbons (Fsp3) is 0.250. The van der Waals surface area contributed by atoms with Gasteiger partial charge in [0.25, 0.3) is 0 Å². The van der Waals surface area contributed by atoms with E-state index in [0.29, 0.717) is 12.0 Å². The van der Waals surface area contributed by atoms with E-state index in [0.717, 1.165) is 17.6 Å². The molecule has 1 aliphatic heterocycles. The van der Waals surface area contributed by atoms with Crippen molar-refractivity contribution in [3.05, 3.63) is 68.9 Å². The first-order valence-electron chi connectivity index (χ1n) is 6.51. The molecule has 1 heterocycles. The second-order valence-corrected chi connectivity index (χ2v) is 6.51. The minimum Gasteiger partial charge on any atom is -0.315 e. The van der Waals surface area contributed by atoms with Crippen LogP contribution in [-0.4, -0.2) is 13.1 Å². The predicted molar refractivity (Wildman–Crippen MR) is 83.8 cm³/mol. The van der Waals surface area contributed by atoms with Crippen molar-refractivity contribution in [2.75, 3.05) is 13.1 Å². The Morgan fingerprint density at radius 2 is 1.90 bits per heavy atom. The third kappa shape index (κ3) is 2.39. The van der Waals surface area contributed by atoms with E-state index in [2.05, 4.69) is 27.3 Å². The Morgan fingerprint density at radius 3 is 2.55 bits per heavy atom. The minimum absolute atomic E-state index is 0.0639. The van der Waals surface area contributed by atoms with Gasteiger partial charge in [0.1, 0.15) is 5.82 Å². The van der Waals surface area contributed by atoms with Gasteiger partial charge in [0.2, 0.25) is 0 Å².